The maximum atomic E-state index is 3.81. The van der Waals surface area contributed by atoms with Gasteiger partial charge < -0.3 is 4.98 Å². The molecular formula is C20H20N2S. The Kier molecular flexibility index (Phi) is 3.17. The van der Waals surface area contributed by atoms with Crippen LogP contribution in [0.4, 0.5) is 0 Å². The van der Waals surface area contributed by atoms with E-state index < -0.39 is 0 Å². The molecule has 3 heteroatoms. The molecule has 3 aliphatic rings. The fourth-order valence-electron chi connectivity index (χ4n) is 4.13. The Labute approximate surface area is 140 Å². The van der Waals surface area contributed by atoms with Crippen LogP contribution in [0.25, 0.3) is 23.1 Å². The number of fused-ring (bicyclic) bond motifs is 3. The lowest BCUT2D eigenvalue weighted by molar-refractivity contribution is 0.220. The van der Waals surface area contributed by atoms with E-state index in [1.807, 2.05) is 0 Å². The van der Waals surface area contributed by atoms with Crippen LogP contribution in [0.3, 0.4) is 0 Å². The number of nitrogens with zero attached hydrogens (tertiary/aromatic N) is 1. The first-order valence-electron chi connectivity index (χ1n) is 8.44. The highest BCUT2D eigenvalue weighted by molar-refractivity contribution is 7.08. The third kappa shape index (κ3) is 2.27. The quantitative estimate of drug-likeness (QED) is 0.696. The molecule has 116 valence electrons. The third-order valence-electron chi connectivity index (χ3n) is 5.38. The van der Waals surface area contributed by atoms with Crippen LogP contribution < -0.4 is 0 Å². The van der Waals surface area contributed by atoms with Gasteiger partial charge in [-0.2, -0.15) is 11.3 Å². The van der Waals surface area contributed by atoms with E-state index in [9.17, 15) is 0 Å². The van der Waals surface area contributed by atoms with E-state index in [0.717, 1.165) is 12.5 Å². The molecular weight excluding hydrogens is 300 g/mol. The fraction of sp³-hybridized carbons (Fsp3) is 0.300. The van der Waals surface area contributed by atoms with Crippen LogP contribution in [0.1, 0.15) is 41.1 Å². The van der Waals surface area contributed by atoms with Crippen LogP contribution in [0.15, 0.2) is 35.0 Å². The summed E-state index contributed by atoms with van der Waals surface area (Å²) in [7, 11) is 0. The Hall–Kier alpha value is -1.84. The number of aromatic amines is 1. The van der Waals surface area contributed by atoms with Gasteiger partial charge in [-0.15, -0.1) is 0 Å². The summed E-state index contributed by atoms with van der Waals surface area (Å²) >= 11 is 1.75. The molecule has 1 saturated heterocycles. The Morgan fingerprint density at radius 2 is 2.04 bits per heavy atom. The third-order valence-corrected chi connectivity index (χ3v) is 6.08. The number of hydrogen-bond acceptors (Lipinski definition) is 2. The molecule has 2 aromatic heterocycles. The Bertz CT molecular complexity index is 865. The second-order valence-corrected chi connectivity index (χ2v) is 7.51. The van der Waals surface area contributed by atoms with E-state index in [0.29, 0.717) is 0 Å². The molecule has 0 amide bonds. The molecule has 0 radical (unpaired) electrons. The molecule has 2 nitrogen and oxygen atoms in total. The highest BCUT2D eigenvalue weighted by Crippen LogP contribution is 2.39. The average molecular weight is 320 g/mol. The number of H-pyrrole nitrogens is 1. The number of aromatic nitrogens is 1. The van der Waals surface area contributed by atoms with Crippen molar-refractivity contribution in [2.75, 3.05) is 13.1 Å². The molecule has 6 rings (SSSR count). The summed E-state index contributed by atoms with van der Waals surface area (Å²) in [6.45, 7) is 3.63. The Balaban J connectivity index is 1.63. The summed E-state index contributed by atoms with van der Waals surface area (Å²) in [5.41, 5.74) is 6.96. The zero-order valence-corrected chi connectivity index (χ0v) is 13.9. The Morgan fingerprint density at radius 1 is 1.13 bits per heavy atom. The molecule has 2 bridgehead atoms. The van der Waals surface area contributed by atoms with Gasteiger partial charge in [0.2, 0.25) is 0 Å². The predicted molar refractivity (Wildman–Crippen MR) is 98.8 cm³/mol. The summed E-state index contributed by atoms with van der Waals surface area (Å²) in [5.74, 6) is 0.727. The standard InChI is InChI=1S/C20H20N2S/c1-2-15(5-4-14-8-11-23-13-14)19-17(3-1)18-12-22-9-6-16(7-10-22)20(18)21-19/h1-5,8,11,13,16,21H,6-7,9-10,12H2/b5-4+. The van der Waals surface area contributed by atoms with Crippen LogP contribution in [-0.2, 0) is 6.54 Å². The van der Waals surface area contributed by atoms with Crippen LogP contribution in [-0.4, -0.2) is 23.0 Å². The number of rotatable bonds is 2. The van der Waals surface area contributed by atoms with Crippen molar-refractivity contribution < 1.29 is 0 Å². The highest BCUT2D eigenvalue weighted by Gasteiger charge is 2.30. The maximum absolute atomic E-state index is 3.81. The lowest BCUT2D eigenvalue weighted by Crippen LogP contribution is -2.29. The zero-order valence-electron chi connectivity index (χ0n) is 13.1. The number of hydrogen-bond donors (Lipinski definition) is 1. The molecule has 0 saturated carbocycles. The van der Waals surface area contributed by atoms with E-state index in [1.165, 1.54) is 53.7 Å². The number of benzene rings is 1. The van der Waals surface area contributed by atoms with Crippen LogP contribution >= 0.6 is 11.3 Å². The highest BCUT2D eigenvalue weighted by atomic mass is 32.1. The normalized spacial score (nSPS) is 23.5. The van der Waals surface area contributed by atoms with E-state index in [-0.39, 0.29) is 0 Å². The van der Waals surface area contributed by atoms with Crippen LogP contribution in [0.5, 0.6) is 0 Å². The molecule has 23 heavy (non-hydrogen) atoms. The molecule has 1 N–H and O–H groups in total. The monoisotopic (exact) mass is 320 g/mol. The number of nitrogens with one attached hydrogen (secondary N) is 1. The van der Waals surface area contributed by atoms with Crippen molar-refractivity contribution in [3.8, 4) is 0 Å². The fourth-order valence-corrected chi connectivity index (χ4v) is 4.76. The summed E-state index contributed by atoms with van der Waals surface area (Å²) < 4.78 is 0. The summed E-state index contributed by atoms with van der Waals surface area (Å²) in [5, 5.41) is 5.74. The van der Waals surface area contributed by atoms with Crippen molar-refractivity contribution in [2.24, 2.45) is 0 Å². The molecule has 0 unspecified atom stereocenters. The molecule has 5 heterocycles. The first-order valence-corrected chi connectivity index (χ1v) is 9.39. The van der Waals surface area contributed by atoms with Gasteiger partial charge in [0.05, 0.1) is 5.52 Å². The number of thiophene rings is 1. The van der Waals surface area contributed by atoms with E-state index >= 15 is 0 Å². The molecule has 1 fully saturated rings. The molecule has 0 atom stereocenters. The number of para-hydroxylation sites is 1. The van der Waals surface area contributed by atoms with Gasteiger partial charge in [-0.05, 0) is 59.4 Å². The van der Waals surface area contributed by atoms with Crippen LogP contribution in [0.2, 0.25) is 0 Å². The minimum Gasteiger partial charge on any atom is -0.357 e. The van der Waals surface area contributed by atoms with Crippen molar-refractivity contribution >= 4 is 34.4 Å². The first kappa shape index (κ1) is 13.6. The van der Waals surface area contributed by atoms with Crippen molar-refractivity contribution in [3.05, 3.63) is 57.4 Å². The van der Waals surface area contributed by atoms with Crippen molar-refractivity contribution in [1.29, 1.82) is 0 Å². The second kappa shape index (κ2) is 5.36. The molecule has 3 aliphatic heterocycles. The zero-order chi connectivity index (χ0) is 15.2. The SMILES string of the molecule is C(=C\c1cccc2c3c([nH]c12)C1CCN(CC1)C3)/c1ccsc1. The summed E-state index contributed by atoms with van der Waals surface area (Å²) in [6.07, 6.45) is 7.07. The topological polar surface area (TPSA) is 19.0 Å². The lowest BCUT2D eigenvalue weighted by atomic mass is 9.94. The van der Waals surface area contributed by atoms with E-state index in [1.54, 1.807) is 16.9 Å². The van der Waals surface area contributed by atoms with Crippen molar-refractivity contribution in [1.82, 2.24) is 9.88 Å². The lowest BCUT2D eigenvalue weighted by Gasteiger charge is -2.26. The molecule has 0 spiro atoms. The van der Waals surface area contributed by atoms with Gasteiger partial charge >= 0.3 is 0 Å². The summed E-state index contributed by atoms with van der Waals surface area (Å²) in [4.78, 5) is 6.42. The van der Waals surface area contributed by atoms with E-state index in [2.05, 4.69) is 57.1 Å². The molecule has 1 aromatic carbocycles. The maximum Gasteiger partial charge on any atom is 0.0533 e. The smallest absolute Gasteiger partial charge is 0.0533 e. The van der Waals surface area contributed by atoms with Gasteiger partial charge in [0.15, 0.2) is 0 Å². The predicted octanol–water partition coefficient (Wildman–Crippen LogP) is 5.09. The van der Waals surface area contributed by atoms with Gasteiger partial charge in [0, 0.05) is 23.5 Å². The van der Waals surface area contributed by atoms with Gasteiger partial charge in [-0.3, -0.25) is 4.90 Å². The van der Waals surface area contributed by atoms with Gasteiger partial charge in [-0.25, -0.2) is 0 Å². The molecule has 3 aromatic rings. The largest absolute Gasteiger partial charge is 0.357 e. The van der Waals surface area contributed by atoms with Crippen LogP contribution in [0, 0.1) is 0 Å². The van der Waals surface area contributed by atoms with Gasteiger partial charge in [0.25, 0.3) is 0 Å². The van der Waals surface area contributed by atoms with Gasteiger partial charge in [0.1, 0.15) is 0 Å². The van der Waals surface area contributed by atoms with Crippen molar-refractivity contribution in [3.63, 3.8) is 0 Å². The Morgan fingerprint density at radius 3 is 2.87 bits per heavy atom. The average Bonchev–Trinajstić information content (AvgIpc) is 3.16. The van der Waals surface area contributed by atoms with Crippen molar-refractivity contribution in [2.45, 2.75) is 25.3 Å². The second-order valence-electron chi connectivity index (χ2n) is 6.73. The minimum absolute atomic E-state index is 0.727. The number of piperidine rings is 1. The summed E-state index contributed by atoms with van der Waals surface area (Å²) in [6, 6.07) is 8.88. The first-order chi connectivity index (χ1) is 11.4. The molecule has 0 aliphatic carbocycles. The van der Waals surface area contributed by atoms with E-state index in [4.69, 9.17) is 0 Å². The van der Waals surface area contributed by atoms with Gasteiger partial charge in [-0.1, -0.05) is 30.4 Å². The minimum atomic E-state index is 0.727.